The molecule has 0 spiro atoms. The lowest BCUT2D eigenvalue weighted by atomic mass is 9.33. The minimum atomic E-state index is -0.459. The third kappa shape index (κ3) is 3.57. The van der Waals surface area contributed by atoms with Crippen LogP contribution in [0.1, 0.15) is 126 Å². The number of nitrogens with one attached hydrogen (secondary N) is 1. The van der Waals surface area contributed by atoms with Gasteiger partial charge in [-0.3, -0.25) is 0 Å². The Balaban J connectivity index is 1.44. The summed E-state index contributed by atoms with van der Waals surface area (Å²) in [6, 6.07) is 0. The van der Waals surface area contributed by atoms with Gasteiger partial charge in [0.05, 0.1) is 6.10 Å². The maximum atomic E-state index is 12.9. The first-order chi connectivity index (χ1) is 16.1. The lowest BCUT2D eigenvalue weighted by molar-refractivity contribution is -0.241. The molecule has 0 bridgehead atoms. The summed E-state index contributed by atoms with van der Waals surface area (Å²) in [4.78, 5) is 12.9. The molecule has 1 amide bonds. The van der Waals surface area contributed by atoms with E-state index in [4.69, 9.17) is 4.74 Å². The van der Waals surface area contributed by atoms with Gasteiger partial charge in [0.1, 0.15) is 5.60 Å². The van der Waals surface area contributed by atoms with Crippen molar-refractivity contribution in [1.82, 2.24) is 5.32 Å². The summed E-state index contributed by atoms with van der Waals surface area (Å²) in [5.74, 6) is 2.59. The zero-order valence-corrected chi connectivity index (χ0v) is 23.9. The molecule has 0 aromatic heterocycles. The lowest BCUT2D eigenvalue weighted by Gasteiger charge is -2.72. The molecule has 35 heavy (non-hydrogen) atoms. The number of aliphatic hydroxyl groups is 1. The zero-order chi connectivity index (χ0) is 25.7. The average Bonchev–Trinajstić information content (AvgIpc) is 3.14. The molecule has 0 radical (unpaired) electrons. The van der Waals surface area contributed by atoms with Crippen LogP contribution in [0.25, 0.3) is 0 Å². The van der Waals surface area contributed by atoms with E-state index >= 15 is 0 Å². The van der Waals surface area contributed by atoms with Gasteiger partial charge in [-0.1, -0.05) is 41.0 Å². The lowest BCUT2D eigenvalue weighted by Crippen LogP contribution is -2.68. The number of aliphatic hydroxyl groups excluding tert-OH is 1. The van der Waals surface area contributed by atoms with Crippen LogP contribution in [0.2, 0.25) is 0 Å². The maximum Gasteiger partial charge on any atom is 0.408 e. The monoisotopic (exact) mass is 487 g/mol. The van der Waals surface area contributed by atoms with Crippen LogP contribution in [-0.2, 0) is 4.74 Å². The fourth-order valence-corrected chi connectivity index (χ4v) is 11.3. The number of fused-ring (bicyclic) bond motifs is 7. The number of amides is 1. The molecule has 0 saturated heterocycles. The Morgan fingerprint density at radius 1 is 0.800 bits per heavy atom. The molecule has 0 heterocycles. The van der Waals surface area contributed by atoms with Gasteiger partial charge < -0.3 is 15.2 Å². The second-order valence-electron chi connectivity index (χ2n) is 15.8. The normalized spacial score (nSPS) is 50.8. The quantitative estimate of drug-likeness (QED) is 0.403. The predicted molar refractivity (Wildman–Crippen MR) is 141 cm³/mol. The number of ether oxygens (including phenoxy) is 1. The second kappa shape index (κ2) is 7.87. The number of carbonyl (C=O) groups excluding carboxylic acids is 1. The first kappa shape index (κ1) is 25.9. The topological polar surface area (TPSA) is 58.6 Å². The molecule has 5 fully saturated rings. The first-order valence-corrected chi connectivity index (χ1v) is 14.8. The Hall–Kier alpha value is -0.770. The van der Waals surface area contributed by atoms with Gasteiger partial charge in [-0.2, -0.15) is 0 Å². The highest BCUT2D eigenvalue weighted by atomic mass is 16.6. The van der Waals surface area contributed by atoms with Crippen molar-refractivity contribution in [3.8, 4) is 0 Å². The third-order valence-electron chi connectivity index (χ3n) is 13.1. The highest BCUT2D eigenvalue weighted by Crippen LogP contribution is 2.75. The van der Waals surface area contributed by atoms with Crippen LogP contribution in [-0.4, -0.2) is 28.4 Å². The molecule has 8 unspecified atom stereocenters. The standard InChI is InChI=1S/C31H53NO3/c1-26(2,3)35-25(34)32-31-15-9-10-21(31)20-11-12-23-28(6)16-14-24(33)27(4,5)22(28)13-17-30(23,8)29(20,7)18-19-31/h20-24,33H,9-19H2,1-8H3,(H,32,34)/t20?,21?,22?,23?,24?,28?,29-,30?,31?/m1/s1. The maximum absolute atomic E-state index is 12.9. The first-order valence-electron chi connectivity index (χ1n) is 14.8. The zero-order valence-electron chi connectivity index (χ0n) is 23.9. The van der Waals surface area contributed by atoms with Crippen LogP contribution in [0, 0.1) is 45.3 Å². The summed E-state index contributed by atoms with van der Waals surface area (Å²) in [5.41, 5.74) is 0.449. The number of hydrogen-bond donors (Lipinski definition) is 2. The average molecular weight is 488 g/mol. The van der Waals surface area contributed by atoms with Crippen molar-refractivity contribution < 1.29 is 14.6 Å². The third-order valence-corrected chi connectivity index (χ3v) is 13.1. The molecule has 4 nitrogen and oxygen atoms in total. The van der Waals surface area contributed by atoms with Gasteiger partial charge in [-0.05, 0) is 130 Å². The largest absolute Gasteiger partial charge is 0.444 e. The van der Waals surface area contributed by atoms with Crippen LogP contribution in [0.4, 0.5) is 4.79 Å². The molecular formula is C31H53NO3. The fourth-order valence-electron chi connectivity index (χ4n) is 11.3. The van der Waals surface area contributed by atoms with Crippen molar-refractivity contribution in [3.05, 3.63) is 0 Å². The van der Waals surface area contributed by atoms with Crippen molar-refractivity contribution >= 4 is 6.09 Å². The molecule has 9 atom stereocenters. The van der Waals surface area contributed by atoms with E-state index in [0.717, 1.165) is 25.2 Å². The molecule has 5 saturated carbocycles. The predicted octanol–water partition coefficient (Wildman–Crippen LogP) is 7.48. The van der Waals surface area contributed by atoms with Crippen molar-refractivity contribution in [2.24, 2.45) is 45.3 Å². The van der Waals surface area contributed by atoms with E-state index in [1.807, 2.05) is 20.8 Å². The van der Waals surface area contributed by atoms with Gasteiger partial charge in [0.15, 0.2) is 0 Å². The highest BCUT2D eigenvalue weighted by molar-refractivity contribution is 5.69. The minimum Gasteiger partial charge on any atom is -0.444 e. The van der Waals surface area contributed by atoms with E-state index in [1.54, 1.807) is 0 Å². The van der Waals surface area contributed by atoms with E-state index in [9.17, 15) is 9.90 Å². The van der Waals surface area contributed by atoms with E-state index in [2.05, 4.69) is 39.9 Å². The Labute approximate surface area is 214 Å². The minimum absolute atomic E-state index is 0.0105. The molecule has 5 aliphatic rings. The Morgan fingerprint density at radius 3 is 2.20 bits per heavy atom. The molecule has 0 aromatic carbocycles. The molecular weight excluding hydrogens is 434 g/mol. The van der Waals surface area contributed by atoms with Crippen molar-refractivity contribution in [2.45, 2.75) is 143 Å². The van der Waals surface area contributed by atoms with Crippen LogP contribution in [0.15, 0.2) is 0 Å². The number of hydrogen-bond acceptors (Lipinski definition) is 3. The van der Waals surface area contributed by atoms with E-state index < -0.39 is 5.60 Å². The fraction of sp³-hybridized carbons (Fsp3) is 0.968. The number of alkyl carbamates (subject to hydrolysis) is 1. The van der Waals surface area contributed by atoms with Gasteiger partial charge >= 0.3 is 6.09 Å². The highest BCUT2D eigenvalue weighted by Gasteiger charge is 2.70. The van der Waals surface area contributed by atoms with Crippen LogP contribution < -0.4 is 5.32 Å². The smallest absolute Gasteiger partial charge is 0.408 e. The Bertz CT molecular complexity index is 862. The summed E-state index contributed by atoms with van der Waals surface area (Å²) < 4.78 is 5.74. The summed E-state index contributed by atoms with van der Waals surface area (Å²) in [5, 5.41) is 14.4. The molecule has 200 valence electrons. The Kier molecular flexibility index (Phi) is 5.81. The molecule has 4 heteroatoms. The Morgan fingerprint density at radius 2 is 1.51 bits per heavy atom. The van der Waals surface area contributed by atoms with Crippen LogP contribution in [0.3, 0.4) is 0 Å². The van der Waals surface area contributed by atoms with Crippen molar-refractivity contribution in [2.75, 3.05) is 0 Å². The summed E-state index contributed by atoms with van der Waals surface area (Å²) in [6.07, 6.45) is 12.8. The second-order valence-corrected chi connectivity index (χ2v) is 15.8. The van der Waals surface area contributed by atoms with Crippen LogP contribution >= 0.6 is 0 Å². The van der Waals surface area contributed by atoms with E-state index in [-0.39, 0.29) is 23.2 Å². The summed E-state index contributed by atoms with van der Waals surface area (Å²) in [6.45, 7) is 18.5. The van der Waals surface area contributed by atoms with Gasteiger partial charge in [0, 0.05) is 5.54 Å². The van der Waals surface area contributed by atoms with Gasteiger partial charge in [0.2, 0.25) is 0 Å². The van der Waals surface area contributed by atoms with Gasteiger partial charge in [-0.15, -0.1) is 0 Å². The van der Waals surface area contributed by atoms with Gasteiger partial charge in [0.25, 0.3) is 0 Å². The molecule has 0 aliphatic heterocycles. The van der Waals surface area contributed by atoms with Crippen LogP contribution in [0.5, 0.6) is 0 Å². The summed E-state index contributed by atoms with van der Waals surface area (Å²) >= 11 is 0. The number of carbonyl (C=O) groups is 1. The summed E-state index contributed by atoms with van der Waals surface area (Å²) in [7, 11) is 0. The molecule has 5 aliphatic carbocycles. The van der Waals surface area contributed by atoms with E-state index in [0.29, 0.717) is 34.0 Å². The molecule has 2 N–H and O–H groups in total. The molecule has 0 aromatic rings. The SMILES string of the molecule is CC(C)(C)OC(=O)NC12CCCC1C1CCC3C4(C)CCC(O)C(C)(C)C4CCC3(C)[C@]1(C)CC2. The molecule has 5 rings (SSSR count). The van der Waals surface area contributed by atoms with Crippen molar-refractivity contribution in [1.29, 1.82) is 0 Å². The van der Waals surface area contributed by atoms with Crippen molar-refractivity contribution in [3.63, 3.8) is 0 Å². The van der Waals surface area contributed by atoms with Gasteiger partial charge in [-0.25, -0.2) is 4.79 Å². The number of rotatable bonds is 1. The van der Waals surface area contributed by atoms with E-state index in [1.165, 1.54) is 51.4 Å².